The van der Waals surface area contributed by atoms with Crippen LogP contribution < -0.4 is 10.6 Å². The van der Waals surface area contributed by atoms with Crippen LogP contribution in [-0.2, 0) is 19.1 Å². The molecule has 2 fully saturated rings. The maximum atomic E-state index is 12.7. The molecule has 1 saturated carbocycles. The summed E-state index contributed by atoms with van der Waals surface area (Å²) in [4.78, 5) is 36.8. The highest BCUT2D eigenvalue weighted by Gasteiger charge is 2.45. The largest absolute Gasteiger partial charge is 0.481 e. The third kappa shape index (κ3) is 4.03. The lowest BCUT2D eigenvalue weighted by Crippen LogP contribution is -2.53. The Kier molecular flexibility index (Phi) is 6.00. The number of fused-ring (bicyclic) bond motifs is 3. The van der Waals surface area contributed by atoms with Crippen LogP contribution in [0.3, 0.4) is 0 Å². The molecule has 8 nitrogen and oxygen atoms in total. The molecule has 2 atom stereocenters. The molecule has 2 aromatic rings. The predicted octanol–water partition coefficient (Wildman–Crippen LogP) is 3.05. The van der Waals surface area contributed by atoms with Crippen molar-refractivity contribution in [2.45, 2.75) is 43.7 Å². The maximum absolute atomic E-state index is 12.7. The van der Waals surface area contributed by atoms with Gasteiger partial charge in [0.25, 0.3) is 5.91 Å². The van der Waals surface area contributed by atoms with E-state index in [0.29, 0.717) is 25.9 Å². The SMILES string of the molecule is O=C(N[C@H]1CCO[C@H]1C(=O)NCC1(C(=O)O)CCC1)OCC1c2ccccc2-c2ccccc21. The summed E-state index contributed by atoms with van der Waals surface area (Å²) in [5.41, 5.74) is 3.67. The second-order valence-corrected chi connectivity index (χ2v) is 9.31. The van der Waals surface area contributed by atoms with Crippen molar-refractivity contribution in [3.05, 3.63) is 59.7 Å². The highest BCUT2D eigenvalue weighted by molar-refractivity contribution is 5.84. The number of benzene rings is 2. The number of alkyl carbamates (subject to hydrolysis) is 1. The molecule has 2 amide bonds. The van der Waals surface area contributed by atoms with E-state index in [1.54, 1.807) is 0 Å². The molecule has 0 unspecified atom stereocenters. The lowest BCUT2D eigenvalue weighted by Gasteiger charge is -2.37. The molecule has 3 aliphatic rings. The fourth-order valence-corrected chi connectivity index (χ4v) is 5.21. The summed E-state index contributed by atoms with van der Waals surface area (Å²) in [6, 6.07) is 15.7. The van der Waals surface area contributed by atoms with Gasteiger partial charge < -0.3 is 25.2 Å². The summed E-state index contributed by atoms with van der Waals surface area (Å²) in [6.07, 6.45) is 0.952. The smallest absolute Gasteiger partial charge is 0.407 e. The van der Waals surface area contributed by atoms with Gasteiger partial charge in [0.2, 0.25) is 0 Å². The number of hydrogen-bond donors (Lipinski definition) is 3. The average molecular weight is 465 g/mol. The van der Waals surface area contributed by atoms with Gasteiger partial charge in [0.15, 0.2) is 6.10 Å². The summed E-state index contributed by atoms with van der Waals surface area (Å²) in [6.45, 7) is 0.584. The van der Waals surface area contributed by atoms with Gasteiger partial charge in [-0.1, -0.05) is 55.0 Å². The van der Waals surface area contributed by atoms with Gasteiger partial charge in [0, 0.05) is 19.1 Å². The van der Waals surface area contributed by atoms with E-state index in [9.17, 15) is 19.5 Å². The zero-order valence-electron chi connectivity index (χ0n) is 18.8. The monoisotopic (exact) mass is 464 g/mol. The number of aliphatic carboxylic acids is 1. The van der Waals surface area contributed by atoms with E-state index < -0.39 is 35.5 Å². The Hall–Kier alpha value is -3.39. The van der Waals surface area contributed by atoms with Gasteiger partial charge in [0.1, 0.15) is 6.61 Å². The van der Waals surface area contributed by atoms with E-state index in [2.05, 4.69) is 34.9 Å². The molecule has 1 heterocycles. The molecule has 3 N–H and O–H groups in total. The molecule has 8 heteroatoms. The fourth-order valence-electron chi connectivity index (χ4n) is 5.21. The molecule has 0 bridgehead atoms. The third-order valence-electron chi connectivity index (χ3n) is 7.36. The summed E-state index contributed by atoms with van der Waals surface area (Å²) in [7, 11) is 0. The minimum Gasteiger partial charge on any atom is -0.481 e. The summed E-state index contributed by atoms with van der Waals surface area (Å²) < 4.78 is 11.1. The quantitative estimate of drug-likeness (QED) is 0.580. The van der Waals surface area contributed by atoms with Gasteiger partial charge >= 0.3 is 12.1 Å². The minimum absolute atomic E-state index is 0.0493. The number of carboxylic acids is 1. The predicted molar refractivity (Wildman–Crippen MR) is 123 cm³/mol. The molecule has 178 valence electrons. The molecule has 2 aromatic carbocycles. The van der Waals surface area contributed by atoms with Gasteiger partial charge in [-0.15, -0.1) is 0 Å². The first kappa shape index (κ1) is 22.4. The molecule has 1 aliphatic heterocycles. The number of hydrogen-bond acceptors (Lipinski definition) is 5. The Morgan fingerprint density at radius 3 is 2.26 bits per heavy atom. The minimum atomic E-state index is -0.889. The van der Waals surface area contributed by atoms with E-state index in [4.69, 9.17) is 9.47 Å². The normalized spacial score (nSPS) is 22.2. The van der Waals surface area contributed by atoms with Crippen molar-refractivity contribution in [2.24, 2.45) is 5.41 Å². The average Bonchev–Trinajstić information content (AvgIpc) is 3.39. The van der Waals surface area contributed by atoms with Crippen LogP contribution in [0, 0.1) is 5.41 Å². The molecular weight excluding hydrogens is 436 g/mol. The number of carbonyl (C=O) groups is 3. The highest BCUT2D eigenvalue weighted by Crippen LogP contribution is 2.44. The van der Waals surface area contributed by atoms with Gasteiger partial charge in [-0.25, -0.2) is 4.79 Å². The number of carboxylic acid groups (broad SMARTS) is 1. The number of amides is 2. The van der Waals surface area contributed by atoms with E-state index in [1.165, 1.54) is 0 Å². The standard InChI is InChI=1S/C26H28N2O6/c29-23(27-15-26(24(30)31)11-5-12-26)22-21(10-13-33-22)28-25(32)34-14-20-18-8-3-1-6-16(18)17-7-2-4-9-19(17)20/h1-4,6-9,20-22H,5,10-15H2,(H,27,29)(H,28,32)(H,30,31)/t21-,22+/m0/s1. The van der Waals surface area contributed by atoms with Gasteiger partial charge in [0.05, 0.1) is 11.5 Å². The lowest BCUT2D eigenvalue weighted by atomic mass is 9.69. The van der Waals surface area contributed by atoms with E-state index in [1.807, 2.05) is 24.3 Å². The Morgan fingerprint density at radius 2 is 1.68 bits per heavy atom. The van der Waals surface area contributed by atoms with Crippen molar-refractivity contribution in [1.29, 1.82) is 0 Å². The second kappa shape index (κ2) is 9.10. The van der Waals surface area contributed by atoms with Crippen molar-refractivity contribution >= 4 is 18.0 Å². The van der Waals surface area contributed by atoms with Crippen molar-refractivity contribution in [3.63, 3.8) is 0 Å². The van der Waals surface area contributed by atoms with Crippen LogP contribution in [0.15, 0.2) is 48.5 Å². The molecule has 0 spiro atoms. The van der Waals surface area contributed by atoms with Crippen LogP contribution in [0.2, 0.25) is 0 Å². The lowest BCUT2D eigenvalue weighted by molar-refractivity contribution is -0.154. The van der Waals surface area contributed by atoms with Crippen LogP contribution in [-0.4, -0.2) is 55.0 Å². The molecule has 0 aromatic heterocycles. The van der Waals surface area contributed by atoms with Gasteiger partial charge in [-0.3, -0.25) is 9.59 Å². The van der Waals surface area contributed by atoms with E-state index in [0.717, 1.165) is 28.7 Å². The Balaban J connectivity index is 1.17. The highest BCUT2D eigenvalue weighted by atomic mass is 16.6. The van der Waals surface area contributed by atoms with Crippen LogP contribution >= 0.6 is 0 Å². The fraction of sp³-hybridized carbons (Fsp3) is 0.423. The number of carbonyl (C=O) groups excluding carboxylic acids is 2. The first-order valence-electron chi connectivity index (χ1n) is 11.7. The van der Waals surface area contributed by atoms with Crippen LogP contribution in [0.4, 0.5) is 4.79 Å². The van der Waals surface area contributed by atoms with Crippen LogP contribution in [0.25, 0.3) is 11.1 Å². The summed E-state index contributed by atoms with van der Waals surface area (Å²) >= 11 is 0. The van der Waals surface area contributed by atoms with Crippen molar-refractivity contribution in [3.8, 4) is 11.1 Å². The number of ether oxygens (including phenoxy) is 2. The van der Waals surface area contributed by atoms with Crippen molar-refractivity contribution < 1.29 is 29.0 Å². The molecule has 5 rings (SSSR count). The van der Waals surface area contributed by atoms with E-state index in [-0.39, 0.29) is 19.1 Å². The molecule has 0 radical (unpaired) electrons. The van der Waals surface area contributed by atoms with E-state index >= 15 is 0 Å². The Labute approximate surface area is 197 Å². The Morgan fingerprint density at radius 1 is 1.03 bits per heavy atom. The molecule has 2 aliphatic carbocycles. The number of rotatable bonds is 7. The zero-order chi connectivity index (χ0) is 23.7. The van der Waals surface area contributed by atoms with Crippen molar-refractivity contribution in [2.75, 3.05) is 19.8 Å². The zero-order valence-corrected chi connectivity index (χ0v) is 18.8. The molecule has 34 heavy (non-hydrogen) atoms. The van der Waals surface area contributed by atoms with Gasteiger partial charge in [-0.05, 0) is 41.5 Å². The van der Waals surface area contributed by atoms with Crippen LogP contribution in [0.5, 0.6) is 0 Å². The second-order valence-electron chi connectivity index (χ2n) is 9.31. The molecular formula is C26H28N2O6. The van der Waals surface area contributed by atoms with Crippen LogP contribution in [0.1, 0.15) is 42.7 Å². The Bertz CT molecular complexity index is 1070. The topological polar surface area (TPSA) is 114 Å². The van der Waals surface area contributed by atoms with Gasteiger partial charge in [-0.2, -0.15) is 0 Å². The molecule has 1 saturated heterocycles. The number of nitrogens with one attached hydrogen (secondary N) is 2. The van der Waals surface area contributed by atoms with Crippen molar-refractivity contribution in [1.82, 2.24) is 10.6 Å². The first-order valence-corrected chi connectivity index (χ1v) is 11.7. The maximum Gasteiger partial charge on any atom is 0.407 e. The first-order chi connectivity index (χ1) is 16.5. The summed E-state index contributed by atoms with van der Waals surface area (Å²) in [5, 5.41) is 14.9. The third-order valence-corrected chi connectivity index (χ3v) is 7.36. The summed E-state index contributed by atoms with van der Waals surface area (Å²) in [5.74, 6) is -1.35.